The van der Waals surface area contributed by atoms with Gasteiger partial charge in [-0.25, -0.2) is 31.1 Å². The second kappa shape index (κ2) is 38.2. The highest BCUT2D eigenvalue weighted by Crippen LogP contribution is 2.49. The number of benzene rings is 2. The van der Waals surface area contributed by atoms with Gasteiger partial charge in [-0.2, -0.15) is 0 Å². The summed E-state index contributed by atoms with van der Waals surface area (Å²) in [5, 5.41) is 51.3. The molecule has 9 saturated heterocycles. The zero-order chi connectivity index (χ0) is 84.1. The van der Waals surface area contributed by atoms with Crippen LogP contribution in [0.25, 0.3) is 0 Å². The van der Waals surface area contributed by atoms with Crippen molar-refractivity contribution in [2.24, 2.45) is 59.2 Å². The monoisotopic (exact) mass is 1680 g/mol. The van der Waals surface area contributed by atoms with Crippen LogP contribution in [0.15, 0.2) is 82.8 Å². The number of sulfonamides is 2. The van der Waals surface area contributed by atoms with E-state index in [1.165, 1.54) is 24.3 Å². The molecular weight excluding hydrogens is 1550 g/mol. The number of hydrogen-bond acceptors (Lipinski definition) is 28. The Hall–Kier alpha value is -3.73. The normalized spacial score (nSPS) is 47.6. The molecule has 26 unspecified atom stereocenters. The third-order valence-electron chi connectivity index (χ3n) is 27.5. The number of rotatable bonds is 28. The van der Waals surface area contributed by atoms with Gasteiger partial charge in [-0.1, -0.05) is 147 Å². The number of nitrogens with one attached hydrogen (secondary N) is 2. The van der Waals surface area contributed by atoms with Gasteiger partial charge in [-0.15, -0.1) is 0 Å². The number of carbonyl (C=O) groups is 1. The molecule has 658 valence electrons. The highest BCUT2D eigenvalue weighted by molar-refractivity contribution is 7.89. The van der Waals surface area contributed by atoms with Crippen LogP contribution in [0, 0.1) is 59.2 Å². The van der Waals surface area contributed by atoms with Crippen LogP contribution in [-0.4, -0.2) is 246 Å². The fourth-order valence-electron chi connectivity index (χ4n) is 18.5. The number of aliphatic hydroxyl groups excluding tert-OH is 4. The second-order valence-electron chi connectivity index (χ2n) is 34.6. The van der Waals surface area contributed by atoms with Crippen LogP contribution in [0.1, 0.15) is 177 Å². The van der Waals surface area contributed by atoms with Gasteiger partial charge < -0.3 is 110 Å². The first-order chi connectivity index (χ1) is 55.0. The smallest absolute Gasteiger partial charge is 0.496 e. The fourth-order valence-corrected chi connectivity index (χ4v) is 21.0. The number of carbonyl (C=O) groups excluding carboxylic acids is 1. The molecule has 2 aromatic carbocycles. The molecule has 10 heterocycles. The van der Waals surface area contributed by atoms with E-state index >= 15 is 16.8 Å². The predicted octanol–water partition coefficient (Wildman–Crippen LogP) is 9.09. The molecule has 0 aliphatic carbocycles. The van der Waals surface area contributed by atoms with Gasteiger partial charge >= 0.3 is 6.16 Å². The summed E-state index contributed by atoms with van der Waals surface area (Å²) in [6.45, 7) is 39.0. The largest absolute Gasteiger partial charge is 0.509 e. The maximum Gasteiger partial charge on any atom is 0.509 e. The third kappa shape index (κ3) is 18.9. The van der Waals surface area contributed by atoms with E-state index in [1.54, 1.807) is 70.4 Å². The second-order valence-corrected chi connectivity index (χ2v) is 38.0. The van der Waals surface area contributed by atoms with Crippen molar-refractivity contribution in [2.75, 3.05) is 0 Å². The molecule has 6 N–H and O–H groups in total. The lowest BCUT2D eigenvalue weighted by atomic mass is 9.79. The van der Waals surface area contributed by atoms with Crippen molar-refractivity contribution in [3.05, 3.63) is 73.0 Å². The van der Waals surface area contributed by atoms with Crippen LogP contribution in [0.3, 0.4) is 0 Å². The van der Waals surface area contributed by atoms with E-state index in [4.69, 9.17) is 90.0 Å². The molecule has 12 rings (SSSR count). The van der Waals surface area contributed by atoms with E-state index in [1.807, 2.05) is 75.3 Å². The first-order valence-electron chi connectivity index (χ1n) is 42.6. The molecule has 10 aliphatic rings. The number of aliphatic hydroxyl groups is 4. The van der Waals surface area contributed by atoms with Gasteiger partial charge in [-0.05, 0) is 132 Å². The Bertz CT molecular complexity index is 3750. The summed E-state index contributed by atoms with van der Waals surface area (Å²) < 4.78 is 197. The van der Waals surface area contributed by atoms with Gasteiger partial charge in [-0.3, -0.25) is 0 Å². The van der Waals surface area contributed by atoms with Crippen LogP contribution in [0.5, 0.6) is 0 Å². The van der Waals surface area contributed by atoms with Crippen molar-refractivity contribution in [1.82, 2.24) is 9.44 Å². The minimum atomic E-state index is -4.67. The molecule has 0 saturated carbocycles. The summed E-state index contributed by atoms with van der Waals surface area (Å²) in [5.41, 5.74) is 0. The van der Waals surface area contributed by atoms with Crippen LogP contribution < -0.4 is 9.44 Å². The van der Waals surface area contributed by atoms with E-state index in [9.17, 15) is 25.2 Å². The molecule has 0 aromatic heterocycles. The first-order valence-corrected chi connectivity index (χ1v) is 45.6. The summed E-state index contributed by atoms with van der Waals surface area (Å²) in [4.78, 5) is 13.2. The van der Waals surface area contributed by atoms with E-state index < -0.39 is 210 Å². The van der Waals surface area contributed by atoms with E-state index in [-0.39, 0.29) is 113 Å². The highest BCUT2D eigenvalue weighted by atomic mass is 32.2. The lowest BCUT2D eigenvalue weighted by Gasteiger charge is -2.55. The average Bonchev–Trinajstić information content (AvgIpc) is 1.58. The molecule has 30 nitrogen and oxygen atoms in total. The summed E-state index contributed by atoms with van der Waals surface area (Å²) in [7, 11) is -9.30. The van der Waals surface area contributed by atoms with Crippen molar-refractivity contribution < 1.29 is 132 Å². The summed E-state index contributed by atoms with van der Waals surface area (Å²) >= 11 is 0. The van der Waals surface area contributed by atoms with Gasteiger partial charge in [0.15, 0.2) is 68.1 Å². The van der Waals surface area contributed by atoms with Gasteiger partial charge in [0.05, 0.1) is 58.8 Å². The van der Waals surface area contributed by atoms with E-state index in [0.29, 0.717) is 12.8 Å². The zero-order valence-corrected chi connectivity index (χ0v) is 72.5. The molecule has 32 heteroatoms. The zero-order valence-electron chi connectivity index (χ0n) is 70.8. The van der Waals surface area contributed by atoms with Gasteiger partial charge in [0.2, 0.25) is 20.0 Å². The van der Waals surface area contributed by atoms with Crippen molar-refractivity contribution in [2.45, 2.75) is 389 Å². The van der Waals surface area contributed by atoms with Crippen LogP contribution in [-0.2, 0) is 110 Å². The summed E-state index contributed by atoms with van der Waals surface area (Å²) in [6.07, 6.45) is -32.9. The standard InChI is InChI=1S/C84H132N2O28S2/c1-21-54-62(87)72(64(89)81(100-54)104-66-39(7)37-38-96-56(66)23-3)108-79-60(85-115(92,93)52-33-29-27-30-34-52)70(106-76-46(14)40(8)43(11)49(17)97-76)67(57(24-4)102-79)105-82-65(90)73(63(88)55(22-2)101-82)109-80-61(86-116(94,95)53-35-31-28-32-36-53)71(107-77-47(15)41(9)44(12)50(18)98-77)69(58(25-5)103-80)114-84(20)75(74-68(59(26-6)113-84)110-83(91)111-74)112-78-48(16)42(10)45(13)51(19)99-78/h27-51,54-82,85-90H,21-26H2,1-20H3/t39?,40?,41?,42?,43-,44-,45?,46+,47+,48?,49?,50?,51-,54?,55?,56?,57?,58?,59?,60?,61?,62-,63-,64?,65?,66-,67+,68-,69+,70?,71?,72?,73?,74?,75?,76?,77?,78-,79-,80-,81-,82-,84-/m0/s1. The van der Waals surface area contributed by atoms with Crippen molar-refractivity contribution >= 4 is 26.2 Å². The average molecular weight is 1680 g/mol. The predicted molar refractivity (Wildman–Crippen MR) is 418 cm³/mol. The molecular formula is C84H132N2O28S2. The SMILES string of the molecule is CCC1O[C@@H](O[C@@H]2C(CC)O[C@@H](OC3C(O)[C@H](O[C@H]4C(C)C=COC4CC)OC(CC)[C@@H]3O)C(NS(=O)(=O)c3ccccc3)C2OC2OC(C)[C@@H](C)C(C)[C@H]2C)C(O)C(O[C@@H]2OC(CC)[C@@H](O[C@]3(C)OC(CC)[C@@H]4OC(=O)OC4C3O[C@@H]3O[C@@H](C)C(C)C(C)C3C)C(OC3OC(C)[C@@H](C)C(C)[C@H]3C)C2NS(=O)(=O)c2ccccc2)[C@H]1O. The van der Waals surface area contributed by atoms with Crippen molar-refractivity contribution in [3.8, 4) is 0 Å². The first kappa shape index (κ1) is 91.5. The van der Waals surface area contributed by atoms with Crippen molar-refractivity contribution in [3.63, 3.8) is 0 Å². The summed E-state index contributed by atoms with van der Waals surface area (Å²) in [5.74, 6) is -2.70. The Morgan fingerprint density at radius 2 is 0.741 bits per heavy atom. The minimum Gasteiger partial charge on any atom is -0.496 e. The Kier molecular flexibility index (Phi) is 30.1. The fraction of sp³-hybridized carbons (Fsp3) is 0.821. The van der Waals surface area contributed by atoms with Crippen LogP contribution in [0.2, 0.25) is 0 Å². The third-order valence-corrected chi connectivity index (χ3v) is 30.4. The molecule has 0 radical (unpaired) electrons. The van der Waals surface area contributed by atoms with Crippen LogP contribution in [0.4, 0.5) is 4.79 Å². The number of ether oxygens (including phenoxy) is 19. The van der Waals surface area contributed by atoms with E-state index in [0.717, 1.165) is 0 Å². The highest BCUT2D eigenvalue weighted by Gasteiger charge is 2.66. The van der Waals surface area contributed by atoms with Gasteiger partial charge in [0.1, 0.15) is 91.4 Å². The Morgan fingerprint density at radius 3 is 1.16 bits per heavy atom. The topological polar surface area (TPSA) is 366 Å². The van der Waals surface area contributed by atoms with Gasteiger partial charge in [0, 0.05) is 23.7 Å². The Morgan fingerprint density at radius 1 is 0.379 bits per heavy atom. The Labute approximate surface area is 685 Å². The molecule has 0 bridgehead atoms. The molecule has 9 fully saturated rings. The molecule has 10 aliphatic heterocycles. The molecule has 43 atom stereocenters. The van der Waals surface area contributed by atoms with Crippen molar-refractivity contribution in [1.29, 1.82) is 0 Å². The lowest BCUT2D eigenvalue weighted by Crippen LogP contribution is -2.72. The number of hydrogen-bond donors (Lipinski definition) is 6. The molecule has 2 aromatic rings. The number of fused-ring (bicyclic) bond motifs is 1. The maximum absolute atomic E-state index is 15.5. The Balaban J connectivity index is 0.942. The van der Waals surface area contributed by atoms with Crippen LogP contribution >= 0.6 is 0 Å². The molecule has 0 amide bonds. The van der Waals surface area contributed by atoms with Gasteiger partial charge in [0.25, 0.3) is 0 Å². The minimum absolute atomic E-state index is 0.0144. The lowest BCUT2D eigenvalue weighted by molar-refractivity contribution is -0.417. The summed E-state index contributed by atoms with van der Waals surface area (Å²) in [6, 6.07) is 11.9. The quantitative estimate of drug-likeness (QED) is 0.0432. The molecule has 0 spiro atoms. The molecule has 116 heavy (non-hydrogen) atoms. The van der Waals surface area contributed by atoms with E-state index in [2.05, 4.69) is 51.0 Å². The maximum atomic E-state index is 15.5.